The van der Waals surface area contributed by atoms with Gasteiger partial charge in [-0.3, -0.25) is 4.98 Å². The predicted octanol–water partition coefficient (Wildman–Crippen LogP) is 5.58. The lowest BCUT2D eigenvalue weighted by molar-refractivity contribution is 0.487. The molecule has 1 aromatic heterocycles. The molecule has 4 heteroatoms. The van der Waals surface area contributed by atoms with E-state index in [0.717, 1.165) is 22.0 Å². The van der Waals surface area contributed by atoms with Crippen molar-refractivity contribution in [1.82, 2.24) is 4.98 Å². The molecule has 1 heterocycles. The number of hydrogen-bond acceptors (Lipinski definition) is 2. The first kappa shape index (κ1) is 13.4. The highest BCUT2D eigenvalue weighted by Crippen LogP contribution is 2.32. The maximum atomic E-state index is 6.17. The van der Waals surface area contributed by atoms with Gasteiger partial charge in [-0.1, -0.05) is 39.7 Å². The Morgan fingerprint density at radius 3 is 2.60 bits per heavy atom. The summed E-state index contributed by atoms with van der Waals surface area (Å²) in [6.45, 7) is 0. The van der Waals surface area contributed by atoms with E-state index in [2.05, 4.69) is 20.9 Å². The fourth-order valence-corrected chi connectivity index (χ4v) is 2.56. The zero-order valence-corrected chi connectivity index (χ0v) is 12.9. The molecule has 3 rings (SSSR count). The van der Waals surface area contributed by atoms with Gasteiger partial charge in [-0.05, 0) is 42.0 Å². The molecule has 0 saturated carbocycles. The molecule has 20 heavy (non-hydrogen) atoms. The second kappa shape index (κ2) is 5.81. The molecule has 0 aliphatic rings. The molecule has 0 saturated heterocycles. The Morgan fingerprint density at radius 1 is 1.05 bits per heavy atom. The first-order chi connectivity index (χ1) is 9.78. The van der Waals surface area contributed by atoms with Gasteiger partial charge in [-0.2, -0.15) is 0 Å². The summed E-state index contributed by atoms with van der Waals surface area (Å²) in [5.74, 6) is 1.49. The molecule has 0 fully saturated rings. The van der Waals surface area contributed by atoms with E-state index >= 15 is 0 Å². The number of pyridine rings is 1. The lowest BCUT2D eigenvalue weighted by atomic mass is 10.2. The van der Waals surface area contributed by atoms with E-state index < -0.39 is 0 Å². The van der Waals surface area contributed by atoms with Crippen LogP contribution in [0.4, 0.5) is 0 Å². The Balaban J connectivity index is 2.00. The third-order valence-electron chi connectivity index (χ3n) is 2.98. The first-order valence-electron chi connectivity index (χ1n) is 6.14. The van der Waals surface area contributed by atoms with Crippen LogP contribution in [0.5, 0.6) is 11.5 Å². The van der Waals surface area contributed by atoms with Crippen LogP contribution in [-0.2, 0) is 5.33 Å². The Hall–Kier alpha value is -1.58. The van der Waals surface area contributed by atoms with Gasteiger partial charge in [0.2, 0.25) is 0 Å². The second-order valence-corrected chi connectivity index (χ2v) is 5.29. The Morgan fingerprint density at radius 2 is 1.85 bits per heavy atom. The lowest BCUT2D eigenvalue weighted by Crippen LogP contribution is -1.89. The molecule has 0 bridgehead atoms. The highest BCUT2D eigenvalue weighted by molar-refractivity contribution is 9.08. The number of nitrogens with zero attached hydrogens (tertiary/aromatic N) is 1. The van der Waals surface area contributed by atoms with Gasteiger partial charge in [-0.15, -0.1) is 0 Å². The van der Waals surface area contributed by atoms with Crippen molar-refractivity contribution < 1.29 is 4.74 Å². The summed E-state index contributed by atoms with van der Waals surface area (Å²) < 4.78 is 5.91. The molecule has 0 atom stereocenters. The summed E-state index contributed by atoms with van der Waals surface area (Å²) >= 11 is 9.59. The quantitative estimate of drug-likeness (QED) is 0.577. The van der Waals surface area contributed by atoms with Crippen molar-refractivity contribution in [3.05, 3.63) is 65.3 Å². The maximum absolute atomic E-state index is 6.17. The van der Waals surface area contributed by atoms with Crippen molar-refractivity contribution in [3.8, 4) is 11.5 Å². The zero-order valence-electron chi connectivity index (χ0n) is 10.5. The molecular weight excluding hydrogens is 338 g/mol. The average Bonchev–Trinajstić information content (AvgIpc) is 2.51. The number of rotatable bonds is 3. The van der Waals surface area contributed by atoms with E-state index in [1.807, 2.05) is 48.5 Å². The molecule has 100 valence electrons. The van der Waals surface area contributed by atoms with Crippen molar-refractivity contribution in [1.29, 1.82) is 0 Å². The summed E-state index contributed by atoms with van der Waals surface area (Å²) in [6.07, 6.45) is 1.74. The van der Waals surface area contributed by atoms with E-state index in [9.17, 15) is 0 Å². The van der Waals surface area contributed by atoms with Gasteiger partial charge in [0.05, 0.1) is 5.02 Å². The van der Waals surface area contributed by atoms with Crippen molar-refractivity contribution >= 4 is 38.4 Å². The molecule has 2 aromatic carbocycles. The predicted molar refractivity (Wildman–Crippen MR) is 85.9 cm³/mol. The average molecular weight is 349 g/mol. The van der Waals surface area contributed by atoms with Crippen molar-refractivity contribution in [2.24, 2.45) is 0 Å². The number of hydrogen-bond donors (Lipinski definition) is 0. The summed E-state index contributed by atoms with van der Waals surface area (Å²) in [7, 11) is 0. The number of aromatic nitrogens is 1. The van der Waals surface area contributed by atoms with Crippen LogP contribution in [-0.4, -0.2) is 4.98 Å². The normalized spacial score (nSPS) is 10.7. The highest BCUT2D eigenvalue weighted by atomic mass is 79.9. The monoisotopic (exact) mass is 347 g/mol. The van der Waals surface area contributed by atoms with E-state index in [-0.39, 0.29) is 0 Å². The topological polar surface area (TPSA) is 22.1 Å². The number of ether oxygens (including phenoxy) is 1. The molecule has 0 aliphatic heterocycles. The van der Waals surface area contributed by atoms with E-state index in [0.29, 0.717) is 10.8 Å². The minimum absolute atomic E-state index is 0.676. The number of benzene rings is 2. The molecule has 0 N–H and O–H groups in total. The van der Waals surface area contributed by atoms with Crippen molar-refractivity contribution in [3.63, 3.8) is 0 Å². The van der Waals surface area contributed by atoms with Crippen LogP contribution in [0.15, 0.2) is 54.7 Å². The smallest absolute Gasteiger partial charge is 0.153 e. The summed E-state index contributed by atoms with van der Waals surface area (Å²) in [5.41, 5.74) is 1.97. The molecule has 0 spiro atoms. The van der Waals surface area contributed by atoms with Gasteiger partial charge >= 0.3 is 0 Å². The van der Waals surface area contributed by atoms with Gasteiger partial charge in [0.15, 0.2) is 5.75 Å². The number of fused-ring (bicyclic) bond motifs is 1. The van der Waals surface area contributed by atoms with Crippen LogP contribution < -0.4 is 4.74 Å². The van der Waals surface area contributed by atoms with Gasteiger partial charge in [0.1, 0.15) is 11.3 Å². The molecule has 0 unspecified atom stereocenters. The highest BCUT2D eigenvalue weighted by Gasteiger charge is 2.07. The van der Waals surface area contributed by atoms with Gasteiger partial charge < -0.3 is 4.74 Å². The number of alkyl halides is 1. The van der Waals surface area contributed by atoms with Crippen LogP contribution >= 0.6 is 27.5 Å². The molecule has 0 amide bonds. The molecular formula is C16H11BrClNO. The number of halogens is 2. The first-order valence-corrected chi connectivity index (χ1v) is 7.64. The van der Waals surface area contributed by atoms with E-state index in [1.165, 1.54) is 5.56 Å². The maximum Gasteiger partial charge on any atom is 0.153 e. The largest absolute Gasteiger partial charge is 0.455 e. The second-order valence-electron chi connectivity index (χ2n) is 4.32. The zero-order chi connectivity index (χ0) is 13.9. The Labute approximate surface area is 130 Å². The van der Waals surface area contributed by atoms with Crippen LogP contribution in [0.2, 0.25) is 5.02 Å². The molecule has 3 aromatic rings. The molecule has 2 nitrogen and oxygen atoms in total. The molecule has 0 radical (unpaired) electrons. The van der Waals surface area contributed by atoms with E-state index in [4.69, 9.17) is 16.3 Å². The third kappa shape index (κ3) is 2.65. The van der Waals surface area contributed by atoms with Gasteiger partial charge in [-0.25, -0.2) is 0 Å². The van der Waals surface area contributed by atoms with Crippen LogP contribution in [0.25, 0.3) is 10.9 Å². The van der Waals surface area contributed by atoms with Crippen LogP contribution in [0.1, 0.15) is 5.56 Å². The standard InChI is InChI=1S/C16H11BrClNO/c17-10-11-3-5-12(6-4-11)20-15-8-7-14(18)13-2-1-9-19-16(13)15/h1-9H,10H2. The lowest BCUT2D eigenvalue weighted by Gasteiger charge is -2.09. The summed E-state index contributed by atoms with van der Waals surface area (Å²) in [5, 5.41) is 2.40. The van der Waals surface area contributed by atoms with Gasteiger partial charge in [0, 0.05) is 16.9 Å². The summed E-state index contributed by atoms with van der Waals surface area (Å²) in [4.78, 5) is 4.35. The SMILES string of the molecule is Clc1ccc(Oc2ccc(CBr)cc2)c2ncccc12. The Kier molecular flexibility index (Phi) is 3.90. The van der Waals surface area contributed by atoms with Crippen LogP contribution in [0.3, 0.4) is 0 Å². The van der Waals surface area contributed by atoms with Crippen molar-refractivity contribution in [2.45, 2.75) is 5.33 Å². The third-order valence-corrected chi connectivity index (χ3v) is 3.96. The minimum atomic E-state index is 0.676. The fraction of sp³-hybridized carbons (Fsp3) is 0.0625. The van der Waals surface area contributed by atoms with E-state index in [1.54, 1.807) is 6.20 Å². The fourth-order valence-electron chi connectivity index (χ4n) is 1.97. The molecule has 0 aliphatic carbocycles. The van der Waals surface area contributed by atoms with Crippen LogP contribution in [0, 0.1) is 0 Å². The van der Waals surface area contributed by atoms with Gasteiger partial charge in [0.25, 0.3) is 0 Å². The Bertz CT molecular complexity index is 743. The van der Waals surface area contributed by atoms with Crippen molar-refractivity contribution in [2.75, 3.05) is 0 Å². The minimum Gasteiger partial charge on any atom is -0.455 e. The summed E-state index contributed by atoms with van der Waals surface area (Å²) in [6, 6.07) is 15.4.